The van der Waals surface area contributed by atoms with Crippen LogP contribution in [0.5, 0.6) is 5.75 Å². The molecule has 1 heterocycles. The zero-order valence-electron chi connectivity index (χ0n) is 12.2. The van der Waals surface area contributed by atoms with Gasteiger partial charge in [0, 0.05) is 12.1 Å². The molecule has 0 aromatic heterocycles. The lowest BCUT2D eigenvalue weighted by atomic mass is 10.1. The molecule has 0 bridgehead atoms. The van der Waals surface area contributed by atoms with Crippen LogP contribution in [-0.4, -0.2) is 35.0 Å². The molecular formula is C16H19NO4. The quantitative estimate of drug-likeness (QED) is 0.901. The van der Waals surface area contributed by atoms with Gasteiger partial charge in [0.1, 0.15) is 12.4 Å². The van der Waals surface area contributed by atoms with Gasteiger partial charge in [-0.2, -0.15) is 0 Å². The van der Waals surface area contributed by atoms with Crippen molar-refractivity contribution < 1.29 is 19.4 Å². The van der Waals surface area contributed by atoms with Crippen LogP contribution in [0, 0.1) is 17.3 Å². The first-order valence-electron chi connectivity index (χ1n) is 7.15. The molecule has 2 atom stereocenters. The van der Waals surface area contributed by atoms with E-state index < -0.39 is 23.2 Å². The van der Waals surface area contributed by atoms with Crippen LogP contribution >= 0.6 is 0 Å². The maximum atomic E-state index is 12.7. The van der Waals surface area contributed by atoms with E-state index in [2.05, 4.69) is 0 Å². The normalized spacial score (nSPS) is 26.3. The number of amides is 1. The van der Waals surface area contributed by atoms with Gasteiger partial charge < -0.3 is 14.7 Å². The van der Waals surface area contributed by atoms with Crippen molar-refractivity contribution in [2.75, 3.05) is 13.2 Å². The van der Waals surface area contributed by atoms with Crippen molar-refractivity contribution >= 4 is 11.9 Å². The second-order valence-corrected chi connectivity index (χ2v) is 6.33. The van der Waals surface area contributed by atoms with Crippen molar-refractivity contribution in [2.24, 2.45) is 17.3 Å². The van der Waals surface area contributed by atoms with Gasteiger partial charge in [0.25, 0.3) is 0 Å². The number of fused-ring (bicyclic) bond motifs is 1. The monoisotopic (exact) mass is 289 g/mol. The number of carbonyl (C=O) groups excluding carboxylic acids is 1. The van der Waals surface area contributed by atoms with Gasteiger partial charge in [-0.25, -0.2) is 0 Å². The van der Waals surface area contributed by atoms with Gasteiger partial charge in [0.05, 0.1) is 18.4 Å². The SMILES string of the molecule is CC1(C)[C@H](C(=O)O)[C@@H]1C(=O)N1CCOc2ccccc2C1. The summed E-state index contributed by atoms with van der Waals surface area (Å²) in [5.41, 5.74) is 0.504. The summed E-state index contributed by atoms with van der Waals surface area (Å²) in [7, 11) is 0. The summed E-state index contributed by atoms with van der Waals surface area (Å²) in [6, 6.07) is 7.65. The molecule has 112 valence electrons. The molecule has 5 nitrogen and oxygen atoms in total. The van der Waals surface area contributed by atoms with Crippen LogP contribution in [0.2, 0.25) is 0 Å². The lowest BCUT2D eigenvalue weighted by Gasteiger charge is -2.20. The Kier molecular flexibility index (Phi) is 3.15. The Morgan fingerprint density at radius 3 is 2.67 bits per heavy atom. The topological polar surface area (TPSA) is 66.8 Å². The number of carboxylic acids is 1. The predicted molar refractivity (Wildman–Crippen MR) is 75.8 cm³/mol. The number of aliphatic carboxylic acids is 1. The average Bonchev–Trinajstić information content (AvgIpc) is 3.07. The molecule has 1 amide bonds. The summed E-state index contributed by atoms with van der Waals surface area (Å²) in [5, 5.41) is 9.22. The second-order valence-electron chi connectivity index (χ2n) is 6.33. The fourth-order valence-electron chi connectivity index (χ4n) is 3.27. The number of carboxylic acid groups (broad SMARTS) is 1. The summed E-state index contributed by atoms with van der Waals surface area (Å²) in [6.45, 7) is 5.10. The van der Waals surface area contributed by atoms with Gasteiger partial charge in [0.2, 0.25) is 5.91 Å². The first-order valence-corrected chi connectivity index (χ1v) is 7.15. The first kappa shape index (κ1) is 13.9. The number of carbonyl (C=O) groups is 2. The van der Waals surface area contributed by atoms with Crippen LogP contribution in [0.15, 0.2) is 24.3 Å². The van der Waals surface area contributed by atoms with E-state index in [0.29, 0.717) is 19.7 Å². The molecule has 0 unspecified atom stereocenters. The summed E-state index contributed by atoms with van der Waals surface area (Å²) >= 11 is 0. The maximum Gasteiger partial charge on any atom is 0.307 e. The van der Waals surface area contributed by atoms with E-state index >= 15 is 0 Å². The number of para-hydroxylation sites is 1. The molecule has 0 radical (unpaired) electrons. The van der Waals surface area contributed by atoms with Crippen molar-refractivity contribution in [3.8, 4) is 5.75 Å². The van der Waals surface area contributed by atoms with Gasteiger partial charge in [-0.1, -0.05) is 32.0 Å². The van der Waals surface area contributed by atoms with Gasteiger partial charge in [-0.15, -0.1) is 0 Å². The van der Waals surface area contributed by atoms with Crippen LogP contribution in [0.25, 0.3) is 0 Å². The molecule has 1 aliphatic heterocycles. The van der Waals surface area contributed by atoms with E-state index in [1.54, 1.807) is 4.90 Å². The molecule has 1 aromatic rings. The fraction of sp³-hybridized carbons (Fsp3) is 0.500. The number of benzene rings is 1. The molecule has 1 fully saturated rings. The first-order chi connectivity index (χ1) is 9.93. The highest BCUT2D eigenvalue weighted by molar-refractivity contribution is 5.91. The number of ether oxygens (including phenoxy) is 1. The zero-order valence-corrected chi connectivity index (χ0v) is 12.2. The highest BCUT2D eigenvalue weighted by Gasteiger charge is 2.66. The Morgan fingerprint density at radius 2 is 2.00 bits per heavy atom. The van der Waals surface area contributed by atoms with Gasteiger partial charge in [-0.3, -0.25) is 9.59 Å². The molecule has 21 heavy (non-hydrogen) atoms. The van der Waals surface area contributed by atoms with E-state index in [0.717, 1.165) is 11.3 Å². The van der Waals surface area contributed by atoms with Crippen molar-refractivity contribution in [1.29, 1.82) is 0 Å². The average molecular weight is 289 g/mol. The Bertz CT molecular complexity index is 596. The molecule has 2 aliphatic rings. The lowest BCUT2D eigenvalue weighted by Crippen LogP contribution is -2.35. The highest BCUT2D eigenvalue weighted by Crippen LogP contribution is 2.59. The zero-order chi connectivity index (χ0) is 15.2. The Hall–Kier alpha value is -2.04. The summed E-state index contributed by atoms with van der Waals surface area (Å²) in [6.07, 6.45) is 0. The second kappa shape index (κ2) is 4.76. The lowest BCUT2D eigenvalue weighted by molar-refractivity contribution is -0.142. The molecule has 1 N–H and O–H groups in total. The third-order valence-corrected chi connectivity index (χ3v) is 4.62. The van der Waals surface area contributed by atoms with Crippen LogP contribution in [0.1, 0.15) is 19.4 Å². The van der Waals surface area contributed by atoms with Gasteiger partial charge >= 0.3 is 5.97 Å². The van der Waals surface area contributed by atoms with Gasteiger partial charge in [0.15, 0.2) is 0 Å². The van der Waals surface area contributed by atoms with E-state index in [-0.39, 0.29) is 5.91 Å². The van der Waals surface area contributed by atoms with Crippen LogP contribution in [0.3, 0.4) is 0 Å². The van der Waals surface area contributed by atoms with Crippen molar-refractivity contribution in [3.05, 3.63) is 29.8 Å². The van der Waals surface area contributed by atoms with E-state index in [4.69, 9.17) is 4.74 Å². The molecule has 3 rings (SSSR count). The summed E-state index contributed by atoms with van der Waals surface area (Å²) in [5.74, 6) is -1.17. The standard InChI is InChI=1S/C16H19NO4/c1-16(2)12(13(16)15(19)20)14(18)17-7-8-21-11-6-4-3-5-10(11)9-17/h3-6,12-13H,7-9H2,1-2H3,(H,19,20)/t12-,13+/m1/s1. The molecule has 0 saturated heterocycles. The van der Waals surface area contributed by atoms with Crippen LogP contribution < -0.4 is 4.74 Å². The van der Waals surface area contributed by atoms with E-state index in [1.165, 1.54) is 0 Å². The summed E-state index contributed by atoms with van der Waals surface area (Å²) < 4.78 is 5.65. The van der Waals surface area contributed by atoms with Crippen LogP contribution in [0.4, 0.5) is 0 Å². The smallest absolute Gasteiger partial charge is 0.307 e. The number of rotatable bonds is 2. The predicted octanol–water partition coefficient (Wildman–Crippen LogP) is 1.76. The largest absolute Gasteiger partial charge is 0.491 e. The molecule has 1 aromatic carbocycles. The minimum absolute atomic E-state index is 0.0762. The maximum absolute atomic E-state index is 12.7. The van der Waals surface area contributed by atoms with Gasteiger partial charge in [-0.05, 0) is 11.5 Å². The molecular weight excluding hydrogens is 270 g/mol. The molecule has 1 aliphatic carbocycles. The Labute approximate surface area is 123 Å². The summed E-state index contributed by atoms with van der Waals surface area (Å²) in [4.78, 5) is 25.6. The third kappa shape index (κ3) is 2.26. The number of nitrogens with zero attached hydrogens (tertiary/aromatic N) is 1. The highest BCUT2D eigenvalue weighted by atomic mass is 16.5. The molecule has 5 heteroatoms. The molecule has 0 spiro atoms. The van der Waals surface area contributed by atoms with E-state index in [1.807, 2.05) is 38.1 Å². The van der Waals surface area contributed by atoms with Crippen LogP contribution in [-0.2, 0) is 16.1 Å². The Morgan fingerprint density at radius 1 is 1.29 bits per heavy atom. The number of hydrogen-bond acceptors (Lipinski definition) is 3. The van der Waals surface area contributed by atoms with Crippen molar-refractivity contribution in [3.63, 3.8) is 0 Å². The molecule has 1 saturated carbocycles. The minimum atomic E-state index is -0.884. The van der Waals surface area contributed by atoms with Crippen molar-refractivity contribution in [1.82, 2.24) is 4.90 Å². The Balaban J connectivity index is 1.79. The van der Waals surface area contributed by atoms with Crippen molar-refractivity contribution in [2.45, 2.75) is 20.4 Å². The van der Waals surface area contributed by atoms with E-state index in [9.17, 15) is 14.7 Å². The minimum Gasteiger partial charge on any atom is -0.491 e. The number of hydrogen-bond donors (Lipinski definition) is 1. The fourth-order valence-corrected chi connectivity index (χ4v) is 3.27. The third-order valence-electron chi connectivity index (χ3n) is 4.62.